The fourth-order valence-corrected chi connectivity index (χ4v) is 2.42. The molecule has 0 bridgehead atoms. The first-order valence-corrected chi connectivity index (χ1v) is 7.22. The first kappa shape index (κ1) is 14.5. The first-order valence-electron chi connectivity index (χ1n) is 6.10. The maximum absolute atomic E-state index is 11.2. The number of aryl methyl sites for hydroxylation is 2. The number of alkyl halides is 1. The van der Waals surface area contributed by atoms with Crippen molar-refractivity contribution in [2.24, 2.45) is 0 Å². The summed E-state index contributed by atoms with van der Waals surface area (Å²) in [6.07, 6.45) is 0. The Morgan fingerprint density at radius 1 is 1.20 bits per heavy atom. The quantitative estimate of drug-likeness (QED) is 0.453. The van der Waals surface area contributed by atoms with E-state index < -0.39 is 4.92 Å². The van der Waals surface area contributed by atoms with Gasteiger partial charge in [-0.2, -0.15) is 0 Å². The molecule has 0 saturated carbocycles. The van der Waals surface area contributed by atoms with Crippen molar-refractivity contribution in [1.82, 2.24) is 0 Å². The molecule has 104 valence electrons. The molecule has 4 nitrogen and oxygen atoms in total. The van der Waals surface area contributed by atoms with E-state index in [1.165, 1.54) is 0 Å². The number of nitrogens with zero attached hydrogens (tertiary/aromatic N) is 1. The maximum atomic E-state index is 11.2. The Bertz CT molecular complexity index is 656. The van der Waals surface area contributed by atoms with Crippen molar-refractivity contribution < 1.29 is 9.66 Å². The summed E-state index contributed by atoms with van der Waals surface area (Å²) in [5.74, 6) is 0.891. The number of halogens is 1. The summed E-state index contributed by atoms with van der Waals surface area (Å²) in [6, 6.07) is 10.8. The lowest BCUT2D eigenvalue weighted by Gasteiger charge is -2.11. The maximum Gasteiger partial charge on any atom is 0.314 e. The van der Waals surface area contributed by atoms with Gasteiger partial charge in [0.2, 0.25) is 5.75 Å². The van der Waals surface area contributed by atoms with Crippen LogP contribution >= 0.6 is 15.9 Å². The summed E-state index contributed by atoms with van der Waals surface area (Å²) in [5.41, 5.74) is 2.67. The van der Waals surface area contributed by atoms with Crippen LogP contribution in [0, 0.1) is 24.0 Å². The van der Waals surface area contributed by atoms with Gasteiger partial charge in [0.15, 0.2) is 0 Å². The highest BCUT2D eigenvalue weighted by Crippen LogP contribution is 2.35. The molecule has 0 aliphatic carbocycles. The van der Waals surface area contributed by atoms with E-state index in [-0.39, 0.29) is 11.4 Å². The highest BCUT2D eigenvalue weighted by Gasteiger charge is 2.19. The SMILES string of the molecule is Cc1ccc(Oc2cccc(C)c2[N+](=O)[O-])c(CBr)c1. The van der Waals surface area contributed by atoms with Gasteiger partial charge in [0.1, 0.15) is 5.75 Å². The number of rotatable bonds is 4. The van der Waals surface area contributed by atoms with Gasteiger partial charge in [0.25, 0.3) is 0 Å². The van der Waals surface area contributed by atoms with Crippen LogP contribution in [-0.4, -0.2) is 4.92 Å². The van der Waals surface area contributed by atoms with Crippen LogP contribution in [0.1, 0.15) is 16.7 Å². The van der Waals surface area contributed by atoms with E-state index in [1.807, 2.05) is 25.1 Å². The zero-order chi connectivity index (χ0) is 14.7. The molecule has 0 N–H and O–H groups in total. The molecule has 5 heteroatoms. The van der Waals surface area contributed by atoms with E-state index in [0.717, 1.165) is 11.1 Å². The van der Waals surface area contributed by atoms with E-state index in [0.29, 0.717) is 16.6 Å². The predicted octanol–water partition coefficient (Wildman–Crippen LogP) is 4.90. The number of ether oxygens (including phenoxy) is 1. The number of benzene rings is 2. The molecule has 2 rings (SSSR count). The van der Waals surface area contributed by atoms with Gasteiger partial charge in [0, 0.05) is 16.5 Å². The molecule has 0 heterocycles. The van der Waals surface area contributed by atoms with E-state index in [4.69, 9.17) is 4.74 Å². The monoisotopic (exact) mass is 335 g/mol. The van der Waals surface area contributed by atoms with Gasteiger partial charge in [-0.25, -0.2) is 0 Å². The van der Waals surface area contributed by atoms with E-state index >= 15 is 0 Å². The second-order valence-corrected chi connectivity index (χ2v) is 5.09. The van der Waals surface area contributed by atoms with Crippen LogP contribution in [0.3, 0.4) is 0 Å². The van der Waals surface area contributed by atoms with Gasteiger partial charge in [-0.05, 0) is 26.0 Å². The second-order valence-electron chi connectivity index (χ2n) is 4.53. The number of para-hydroxylation sites is 1. The van der Waals surface area contributed by atoms with Crippen LogP contribution < -0.4 is 4.74 Å². The molecule has 2 aromatic rings. The molecule has 0 spiro atoms. The summed E-state index contributed by atoms with van der Waals surface area (Å²) >= 11 is 3.40. The average Bonchev–Trinajstić information content (AvgIpc) is 2.40. The molecule has 0 amide bonds. The molecule has 20 heavy (non-hydrogen) atoms. The zero-order valence-corrected chi connectivity index (χ0v) is 12.8. The number of nitro groups is 1. The van der Waals surface area contributed by atoms with Crippen molar-refractivity contribution in [3.8, 4) is 11.5 Å². The van der Waals surface area contributed by atoms with Crippen molar-refractivity contribution in [1.29, 1.82) is 0 Å². The topological polar surface area (TPSA) is 52.4 Å². The van der Waals surface area contributed by atoms with Crippen molar-refractivity contribution in [2.45, 2.75) is 19.2 Å². The van der Waals surface area contributed by atoms with E-state index in [9.17, 15) is 10.1 Å². The molecule has 0 aliphatic heterocycles. The van der Waals surface area contributed by atoms with Crippen molar-refractivity contribution in [3.63, 3.8) is 0 Å². The van der Waals surface area contributed by atoms with Gasteiger partial charge in [-0.3, -0.25) is 10.1 Å². The van der Waals surface area contributed by atoms with E-state index in [2.05, 4.69) is 15.9 Å². The number of hydrogen-bond donors (Lipinski definition) is 0. The summed E-state index contributed by atoms with van der Waals surface area (Å²) < 4.78 is 5.76. The first-order chi connectivity index (χ1) is 9.52. The Labute approximate surface area is 125 Å². The Kier molecular flexibility index (Phi) is 4.39. The Morgan fingerprint density at radius 2 is 1.95 bits per heavy atom. The van der Waals surface area contributed by atoms with Crippen LogP contribution in [0.5, 0.6) is 11.5 Å². The molecule has 0 atom stereocenters. The largest absolute Gasteiger partial charge is 0.450 e. The Morgan fingerprint density at radius 3 is 2.60 bits per heavy atom. The average molecular weight is 336 g/mol. The molecule has 0 unspecified atom stereocenters. The van der Waals surface area contributed by atoms with Crippen LogP contribution in [0.4, 0.5) is 5.69 Å². The fraction of sp³-hybridized carbons (Fsp3) is 0.200. The van der Waals surface area contributed by atoms with Crippen molar-refractivity contribution >= 4 is 21.6 Å². The third-order valence-corrected chi connectivity index (χ3v) is 3.57. The van der Waals surface area contributed by atoms with Gasteiger partial charge < -0.3 is 4.74 Å². The fourth-order valence-electron chi connectivity index (χ4n) is 1.98. The minimum Gasteiger partial charge on any atom is -0.450 e. The molecule has 2 aromatic carbocycles. The number of hydrogen-bond acceptors (Lipinski definition) is 3. The van der Waals surface area contributed by atoms with E-state index in [1.54, 1.807) is 25.1 Å². The van der Waals surface area contributed by atoms with Gasteiger partial charge in [0.05, 0.1) is 4.92 Å². The summed E-state index contributed by atoms with van der Waals surface area (Å²) in [6.45, 7) is 3.69. The van der Waals surface area contributed by atoms with Crippen LogP contribution in [-0.2, 0) is 5.33 Å². The molecular weight excluding hydrogens is 322 g/mol. The van der Waals surface area contributed by atoms with Gasteiger partial charge in [-0.1, -0.05) is 45.8 Å². The van der Waals surface area contributed by atoms with Crippen LogP contribution in [0.15, 0.2) is 36.4 Å². The van der Waals surface area contributed by atoms with Gasteiger partial charge >= 0.3 is 5.69 Å². The van der Waals surface area contributed by atoms with Crippen LogP contribution in [0.2, 0.25) is 0 Å². The summed E-state index contributed by atoms with van der Waals surface area (Å²) in [4.78, 5) is 10.7. The molecule has 0 aromatic heterocycles. The van der Waals surface area contributed by atoms with Crippen LogP contribution in [0.25, 0.3) is 0 Å². The zero-order valence-electron chi connectivity index (χ0n) is 11.2. The summed E-state index contributed by atoms with van der Waals surface area (Å²) in [7, 11) is 0. The molecule has 0 radical (unpaired) electrons. The number of nitro benzene ring substituents is 1. The minimum absolute atomic E-state index is 0.00796. The molecular formula is C15H14BrNO3. The normalized spacial score (nSPS) is 10.3. The highest BCUT2D eigenvalue weighted by atomic mass is 79.9. The second kappa shape index (κ2) is 6.05. The highest BCUT2D eigenvalue weighted by molar-refractivity contribution is 9.08. The van der Waals surface area contributed by atoms with Crippen molar-refractivity contribution in [2.75, 3.05) is 0 Å². The third kappa shape index (κ3) is 2.99. The molecule has 0 fully saturated rings. The summed E-state index contributed by atoms with van der Waals surface area (Å²) in [5, 5.41) is 11.8. The lowest BCUT2D eigenvalue weighted by atomic mass is 10.1. The standard InChI is InChI=1S/C15H14BrNO3/c1-10-6-7-13(12(8-10)9-16)20-14-5-3-4-11(2)15(14)17(18)19/h3-8H,9H2,1-2H3. The minimum atomic E-state index is -0.410. The molecule has 0 saturated heterocycles. The third-order valence-electron chi connectivity index (χ3n) is 2.96. The Hall–Kier alpha value is -1.88. The van der Waals surface area contributed by atoms with Gasteiger partial charge in [-0.15, -0.1) is 0 Å². The smallest absolute Gasteiger partial charge is 0.314 e. The lowest BCUT2D eigenvalue weighted by Crippen LogP contribution is -1.97. The Balaban J connectivity index is 2.45. The molecule has 0 aliphatic rings. The predicted molar refractivity (Wildman–Crippen MR) is 81.7 cm³/mol. The van der Waals surface area contributed by atoms with Crippen molar-refractivity contribution in [3.05, 3.63) is 63.2 Å². The lowest BCUT2D eigenvalue weighted by molar-refractivity contribution is -0.386.